The van der Waals surface area contributed by atoms with Crippen molar-refractivity contribution in [2.45, 2.75) is 50.0 Å². The van der Waals surface area contributed by atoms with E-state index in [9.17, 15) is 13.2 Å². The molecule has 1 saturated heterocycles. The number of halogens is 2. The minimum Gasteiger partial charge on any atom is -0.354 e. The van der Waals surface area contributed by atoms with E-state index in [0.29, 0.717) is 32.1 Å². The van der Waals surface area contributed by atoms with Crippen molar-refractivity contribution in [2.75, 3.05) is 32.7 Å². The topological polar surface area (TPSA) is 69.7 Å². The van der Waals surface area contributed by atoms with Crippen molar-refractivity contribution >= 4 is 39.1 Å². The van der Waals surface area contributed by atoms with E-state index in [1.165, 1.54) is 48.5 Å². The first-order chi connectivity index (χ1) is 13.8. The van der Waals surface area contributed by atoms with Crippen LogP contribution in [0.2, 0.25) is 10.0 Å². The minimum absolute atomic E-state index is 0.0148. The molecule has 29 heavy (non-hydrogen) atoms. The molecule has 1 aliphatic heterocycles. The Balaban J connectivity index is 1.54. The predicted octanol–water partition coefficient (Wildman–Crippen LogP) is 3.38. The Labute approximate surface area is 183 Å². The number of piperazine rings is 1. The van der Waals surface area contributed by atoms with Gasteiger partial charge in [0.2, 0.25) is 15.9 Å². The van der Waals surface area contributed by atoms with Crippen LogP contribution in [0.1, 0.15) is 39.0 Å². The molecule has 1 heterocycles. The highest BCUT2D eigenvalue weighted by Crippen LogP contribution is 2.32. The van der Waals surface area contributed by atoms with E-state index in [4.69, 9.17) is 23.2 Å². The van der Waals surface area contributed by atoms with Crippen molar-refractivity contribution in [3.63, 3.8) is 0 Å². The summed E-state index contributed by atoms with van der Waals surface area (Å²) in [5, 5.41) is 3.33. The number of rotatable bonds is 6. The predicted molar refractivity (Wildman–Crippen MR) is 116 cm³/mol. The molecule has 0 bridgehead atoms. The van der Waals surface area contributed by atoms with Crippen LogP contribution in [0.5, 0.6) is 0 Å². The van der Waals surface area contributed by atoms with Crippen molar-refractivity contribution in [2.24, 2.45) is 5.92 Å². The molecule has 2 fully saturated rings. The Kier molecular flexibility index (Phi) is 7.84. The first-order valence-electron chi connectivity index (χ1n) is 10.3. The summed E-state index contributed by atoms with van der Waals surface area (Å²) in [6, 6.07) is 4.38. The first kappa shape index (κ1) is 22.8. The molecule has 1 aliphatic carbocycles. The van der Waals surface area contributed by atoms with E-state index < -0.39 is 10.0 Å². The van der Waals surface area contributed by atoms with Crippen molar-refractivity contribution in [3.05, 3.63) is 28.2 Å². The van der Waals surface area contributed by atoms with Crippen LogP contribution >= 0.6 is 23.2 Å². The van der Waals surface area contributed by atoms with Crippen LogP contribution in [0.3, 0.4) is 0 Å². The highest BCUT2D eigenvalue weighted by atomic mass is 35.5. The number of nitrogens with one attached hydrogen (secondary N) is 1. The zero-order valence-corrected chi connectivity index (χ0v) is 19.1. The van der Waals surface area contributed by atoms with Gasteiger partial charge >= 0.3 is 0 Å². The quantitative estimate of drug-likeness (QED) is 0.704. The highest BCUT2D eigenvalue weighted by Gasteiger charge is 2.34. The maximum Gasteiger partial charge on any atom is 0.246 e. The van der Waals surface area contributed by atoms with Gasteiger partial charge in [0.25, 0.3) is 0 Å². The molecule has 6 nitrogen and oxygen atoms in total. The number of hydrogen-bond donors (Lipinski definition) is 1. The summed E-state index contributed by atoms with van der Waals surface area (Å²) >= 11 is 12.2. The number of nitrogens with zero attached hydrogens (tertiary/aromatic N) is 2. The van der Waals surface area contributed by atoms with Gasteiger partial charge in [-0.15, -0.1) is 0 Å². The zero-order valence-electron chi connectivity index (χ0n) is 16.7. The molecule has 1 aromatic carbocycles. The smallest absolute Gasteiger partial charge is 0.246 e. The Morgan fingerprint density at radius 2 is 1.69 bits per heavy atom. The van der Waals surface area contributed by atoms with Crippen LogP contribution < -0.4 is 5.32 Å². The van der Waals surface area contributed by atoms with Gasteiger partial charge in [0.1, 0.15) is 4.90 Å². The largest absolute Gasteiger partial charge is 0.354 e. The molecule has 1 unspecified atom stereocenters. The average molecular weight is 462 g/mol. The molecule has 1 saturated carbocycles. The molecule has 3 rings (SSSR count). The van der Waals surface area contributed by atoms with Gasteiger partial charge in [-0.25, -0.2) is 8.42 Å². The van der Waals surface area contributed by atoms with E-state index in [1.54, 1.807) is 6.07 Å². The fraction of sp³-hybridized carbons (Fsp3) is 0.650. The lowest BCUT2D eigenvalue weighted by molar-refractivity contribution is -0.126. The third-order valence-corrected chi connectivity index (χ3v) is 8.86. The molecular weight excluding hydrogens is 433 g/mol. The fourth-order valence-corrected chi connectivity index (χ4v) is 6.65. The SMILES string of the molecule is CC(C(=O)NCC1CCCCC1)N1CCN(S(=O)(=O)c2c(Cl)cccc2Cl)CC1. The number of sulfonamides is 1. The van der Waals surface area contributed by atoms with E-state index in [2.05, 4.69) is 5.32 Å². The van der Waals surface area contributed by atoms with E-state index in [1.807, 2.05) is 11.8 Å². The lowest BCUT2D eigenvalue weighted by Gasteiger charge is -2.37. The molecule has 1 aromatic rings. The Morgan fingerprint density at radius 1 is 1.10 bits per heavy atom. The Hall–Kier alpha value is -0.860. The third-order valence-electron chi connectivity index (χ3n) is 6.01. The number of carbonyl (C=O) groups excluding carboxylic acids is 1. The van der Waals surface area contributed by atoms with Gasteiger partial charge in [-0.1, -0.05) is 48.5 Å². The van der Waals surface area contributed by atoms with E-state index >= 15 is 0 Å². The van der Waals surface area contributed by atoms with Gasteiger partial charge < -0.3 is 5.32 Å². The Morgan fingerprint density at radius 3 is 2.28 bits per heavy atom. The molecule has 0 aromatic heterocycles. The van der Waals surface area contributed by atoms with E-state index in [-0.39, 0.29) is 26.9 Å². The van der Waals surface area contributed by atoms with Crippen LogP contribution in [-0.2, 0) is 14.8 Å². The lowest BCUT2D eigenvalue weighted by atomic mass is 9.89. The summed E-state index contributed by atoms with van der Waals surface area (Å²) in [6.45, 7) is 4.18. The number of hydrogen-bond acceptors (Lipinski definition) is 4. The number of carbonyl (C=O) groups is 1. The van der Waals surface area contributed by atoms with Crippen LogP contribution in [0.25, 0.3) is 0 Å². The molecule has 1 N–H and O–H groups in total. The van der Waals surface area contributed by atoms with Crippen LogP contribution in [-0.4, -0.2) is 62.3 Å². The van der Waals surface area contributed by atoms with Crippen LogP contribution in [0, 0.1) is 5.92 Å². The van der Waals surface area contributed by atoms with Crippen LogP contribution in [0.15, 0.2) is 23.1 Å². The number of benzene rings is 1. The van der Waals surface area contributed by atoms with Crippen molar-refractivity contribution < 1.29 is 13.2 Å². The summed E-state index contributed by atoms with van der Waals surface area (Å²) in [7, 11) is -3.78. The average Bonchev–Trinajstić information content (AvgIpc) is 2.72. The van der Waals surface area contributed by atoms with Crippen LogP contribution in [0.4, 0.5) is 0 Å². The second-order valence-corrected chi connectivity index (χ2v) is 10.6. The second-order valence-electron chi connectivity index (χ2n) is 7.92. The number of amides is 1. The van der Waals surface area contributed by atoms with Gasteiger partial charge in [0.05, 0.1) is 16.1 Å². The molecule has 9 heteroatoms. The standard InChI is InChI=1S/C20H29Cl2N3O3S/c1-15(20(26)23-14-16-6-3-2-4-7-16)24-10-12-25(13-11-24)29(27,28)19-17(21)8-5-9-18(19)22/h5,8-9,15-16H,2-4,6-7,10-14H2,1H3,(H,23,26). The summed E-state index contributed by atoms with van der Waals surface area (Å²) in [4.78, 5) is 14.5. The maximum absolute atomic E-state index is 13.0. The first-order valence-corrected chi connectivity index (χ1v) is 12.5. The van der Waals surface area contributed by atoms with Gasteiger partial charge in [-0.2, -0.15) is 4.31 Å². The normalized spacial score (nSPS) is 21.1. The van der Waals surface area contributed by atoms with Crippen molar-refractivity contribution in [1.82, 2.24) is 14.5 Å². The molecule has 2 aliphatic rings. The highest BCUT2D eigenvalue weighted by molar-refractivity contribution is 7.89. The Bertz CT molecular complexity index is 800. The molecule has 1 amide bonds. The third kappa shape index (κ3) is 5.44. The second kappa shape index (κ2) is 9.96. The van der Waals surface area contributed by atoms with Gasteiger partial charge in [-0.05, 0) is 37.8 Å². The monoisotopic (exact) mass is 461 g/mol. The molecular formula is C20H29Cl2N3O3S. The minimum atomic E-state index is -3.78. The molecule has 0 radical (unpaired) electrons. The zero-order chi connectivity index (χ0) is 21.0. The van der Waals surface area contributed by atoms with E-state index in [0.717, 1.165) is 6.54 Å². The van der Waals surface area contributed by atoms with Crippen molar-refractivity contribution in [1.29, 1.82) is 0 Å². The van der Waals surface area contributed by atoms with Gasteiger partial charge in [0.15, 0.2) is 0 Å². The summed E-state index contributed by atoms with van der Waals surface area (Å²) < 4.78 is 27.3. The maximum atomic E-state index is 13.0. The lowest BCUT2D eigenvalue weighted by Crippen LogP contribution is -2.55. The summed E-state index contributed by atoms with van der Waals surface area (Å²) in [5.41, 5.74) is 0. The molecule has 1 atom stereocenters. The summed E-state index contributed by atoms with van der Waals surface area (Å²) in [6.07, 6.45) is 6.18. The fourth-order valence-electron chi connectivity index (χ4n) is 4.14. The summed E-state index contributed by atoms with van der Waals surface area (Å²) in [5.74, 6) is 0.600. The molecule has 162 valence electrons. The van der Waals surface area contributed by atoms with Gasteiger partial charge in [-0.3, -0.25) is 9.69 Å². The van der Waals surface area contributed by atoms with Crippen molar-refractivity contribution in [3.8, 4) is 0 Å². The van der Waals surface area contributed by atoms with Gasteiger partial charge in [0, 0.05) is 32.7 Å². The molecule has 0 spiro atoms.